The number of aromatic nitrogens is 2. The highest BCUT2D eigenvalue weighted by molar-refractivity contribution is 8.01. The molecule has 9 nitrogen and oxygen atoms in total. The zero-order chi connectivity index (χ0) is 21.1. The molecule has 1 aromatic carbocycles. The van der Waals surface area contributed by atoms with E-state index in [-0.39, 0.29) is 31.2 Å². The SMILES string of the molecule is CCOC(=O)Nc1nnc(SCC(=O)N(CCC#N)c2ccc(OCC)cc2)s1. The van der Waals surface area contributed by atoms with Crippen molar-refractivity contribution < 1.29 is 19.1 Å². The summed E-state index contributed by atoms with van der Waals surface area (Å²) in [6, 6.07) is 9.22. The Kier molecular flexibility index (Phi) is 9.20. The number of carbonyl (C=O) groups excluding carboxylic acids is 2. The van der Waals surface area contributed by atoms with Gasteiger partial charge in [-0.05, 0) is 38.1 Å². The molecule has 2 aromatic rings. The number of rotatable bonds is 10. The van der Waals surface area contributed by atoms with E-state index in [4.69, 9.17) is 14.7 Å². The standard InChI is InChI=1S/C18H21N5O4S2/c1-3-26-14-8-6-13(7-9-14)23(11-5-10-19)15(24)12-28-18-22-21-16(29-18)20-17(25)27-4-2/h6-9H,3-5,11-12H2,1-2H3,(H,20,21,25). The normalized spacial score (nSPS) is 10.1. The van der Waals surface area contributed by atoms with Gasteiger partial charge in [-0.15, -0.1) is 10.2 Å². The van der Waals surface area contributed by atoms with E-state index in [0.717, 1.165) is 11.3 Å². The first-order chi connectivity index (χ1) is 14.1. The molecule has 0 spiro atoms. The Labute approximate surface area is 177 Å². The second-order valence-corrected chi connectivity index (χ2v) is 7.59. The Morgan fingerprint density at radius 3 is 2.66 bits per heavy atom. The molecule has 0 fully saturated rings. The van der Waals surface area contributed by atoms with Crippen LogP contribution in [0.2, 0.25) is 0 Å². The van der Waals surface area contributed by atoms with Crippen molar-refractivity contribution in [3.63, 3.8) is 0 Å². The van der Waals surface area contributed by atoms with Crippen molar-refractivity contribution in [1.29, 1.82) is 5.26 Å². The van der Waals surface area contributed by atoms with Crippen molar-refractivity contribution in [2.75, 3.05) is 35.7 Å². The van der Waals surface area contributed by atoms with Gasteiger partial charge in [0.1, 0.15) is 5.75 Å². The lowest BCUT2D eigenvalue weighted by Gasteiger charge is -2.21. The Bertz CT molecular complexity index is 851. The summed E-state index contributed by atoms with van der Waals surface area (Å²) in [6.45, 7) is 4.70. The molecule has 2 rings (SSSR count). The van der Waals surface area contributed by atoms with Crippen molar-refractivity contribution in [3.8, 4) is 11.8 Å². The minimum atomic E-state index is -0.602. The molecule has 29 heavy (non-hydrogen) atoms. The number of nitriles is 1. The molecule has 1 heterocycles. The van der Waals surface area contributed by atoms with Gasteiger partial charge in [-0.25, -0.2) is 4.79 Å². The molecule has 0 bridgehead atoms. The van der Waals surface area contributed by atoms with Gasteiger partial charge in [-0.2, -0.15) is 5.26 Å². The average molecular weight is 436 g/mol. The van der Waals surface area contributed by atoms with Gasteiger partial charge in [0, 0.05) is 12.2 Å². The van der Waals surface area contributed by atoms with Gasteiger partial charge >= 0.3 is 6.09 Å². The number of thioether (sulfide) groups is 1. The zero-order valence-corrected chi connectivity index (χ0v) is 17.7. The Balaban J connectivity index is 1.98. The first-order valence-corrected chi connectivity index (χ1v) is 10.7. The number of amides is 2. The number of nitrogens with one attached hydrogen (secondary N) is 1. The molecule has 154 valence electrons. The van der Waals surface area contributed by atoms with Crippen molar-refractivity contribution in [2.45, 2.75) is 24.6 Å². The van der Waals surface area contributed by atoms with Crippen LogP contribution < -0.4 is 15.0 Å². The molecular weight excluding hydrogens is 414 g/mol. The Morgan fingerprint density at radius 2 is 2.00 bits per heavy atom. The van der Waals surface area contributed by atoms with E-state index in [1.54, 1.807) is 36.1 Å². The predicted octanol–water partition coefficient (Wildman–Crippen LogP) is 3.54. The maximum Gasteiger partial charge on any atom is 0.413 e. The first-order valence-electron chi connectivity index (χ1n) is 8.87. The fourth-order valence-corrected chi connectivity index (χ4v) is 3.84. The monoisotopic (exact) mass is 435 g/mol. The van der Waals surface area contributed by atoms with E-state index < -0.39 is 6.09 Å². The number of carbonyl (C=O) groups is 2. The van der Waals surface area contributed by atoms with Crippen LogP contribution in [0.4, 0.5) is 15.6 Å². The molecule has 0 atom stereocenters. The number of hydrogen-bond acceptors (Lipinski definition) is 9. The molecule has 0 unspecified atom stereocenters. The van der Waals surface area contributed by atoms with Crippen molar-refractivity contribution in [3.05, 3.63) is 24.3 Å². The summed E-state index contributed by atoms with van der Waals surface area (Å²) in [5.74, 6) is 0.672. The van der Waals surface area contributed by atoms with Crippen molar-refractivity contribution in [2.24, 2.45) is 0 Å². The number of nitrogens with zero attached hydrogens (tertiary/aromatic N) is 4. The quantitative estimate of drug-likeness (QED) is 0.445. The van der Waals surface area contributed by atoms with Gasteiger partial charge in [0.2, 0.25) is 11.0 Å². The third kappa shape index (κ3) is 7.24. The van der Waals surface area contributed by atoms with Gasteiger partial charge in [0.25, 0.3) is 0 Å². The van der Waals surface area contributed by atoms with E-state index in [9.17, 15) is 9.59 Å². The second-order valence-electron chi connectivity index (χ2n) is 5.39. The lowest BCUT2D eigenvalue weighted by atomic mass is 10.2. The van der Waals surface area contributed by atoms with Crippen LogP contribution in [0.1, 0.15) is 20.3 Å². The molecular formula is C18H21N5O4S2. The van der Waals surface area contributed by atoms with E-state index in [1.165, 1.54) is 11.8 Å². The summed E-state index contributed by atoms with van der Waals surface area (Å²) >= 11 is 2.36. The highest BCUT2D eigenvalue weighted by Gasteiger charge is 2.17. The molecule has 0 radical (unpaired) electrons. The summed E-state index contributed by atoms with van der Waals surface area (Å²) in [5, 5.41) is 19.5. The van der Waals surface area contributed by atoms with Crippen LogP contribution in [0, 0.1) is 11.3 Å². The fraction of sp³-hybridized carbons (Fsp3) is 0.389. The molecule has 0 saturated carbocycles. The maximum absolute atomic E-state index is 12.7. The fourth-order valence-electron chi connectivity index (χ4n) is 2.22. The smallest absolute Gasteiger partial charge is 0.413 e. The van der Waals surface area contributed by atoms with Gasteiger partial charge in [0.15, 0.2) is 4.34 Å². The largest absolute Gasteiger partial charge is 0.494 e. The van der Waals surface area contributed by atoms with Crippen LogP contribution in [-0.2, 0) is 9.53 Å². The van der Waals surface area contributed by atoms with Crippen LogP contribution in [0.3, 0.4) is 0 Å². The van der Waals surface area contributed by atoms with E-state index in [0.29, 0.717) is 27.5 Å². The van der Waals surface area contributed by atoms with Crippen LogP contribution in [-0.4, -0.2) is 47.7 Å². The van der Waals surface area contributed by atoms with Gasteiger partial charge in [-0.3, -0.25) is 10.1 Å². The highest BCUT2D eigenvalue weighted by Crippen LogP contribution is 2.27. The van der Waals surface area contributed by atoms with E-state index in [2.05, 4.69) is 21.6 Å². The Morgan fingerprint density at radius 1 is 1.24 bits per heavy atom. The third-order valence-corrected chi connectivity index (χ3v) is 5.37. The molecule has 2 amide bonds. The van der Waals surface area contributed by atoms with Crippen LogP contribution in [0.5, 0.6) is 5.75 Å². The first kappa shape index (κ1) is 22.4. The summed E-state index contributed by atoms with van der Waals surface area (Å²) in [4.78, 5) is 25.7. The van der Waals surface area contributed by atoms with Gasteiger partial charge in [0.05, 0.1) is 31.5 Å². The average Bonchev–Trinajstić information content (AvgIpc) is 3.15. The van der Waals surface area contributed by atoms with Gasteiger partial charge in [-0.1, -0.05) is 23.1 Å². The van der Waals surface area contributed by atoms with Crippen LogP contribution in [0.25, 0.3) is 0 Å². The third-order valence-electron chi connectivity index (χ3n) is 3.42. The Hall–Kier alpha value is -2.84. The van der Waals surface area contributed by atoms with Gasteiger partial charge < -0.3 is 14.4 Å². The molecule has 0 saturated heterocycles. The van der Waals surface area contributed by atoms with Crippen LogP contribution >= 0.6 is 23.1 Å². The number of hydrogen-bond donors (Lipinski definition) is 1. The molecule has 11 heteroatoms. The minimum absolute atomic E-state index is 0.118. The van der Waals surface area contributed by atoms with E-state index in [1.807, 2.05) is 6.92 Å². The summed E-state index contributed by atoms with van der Waals surface area (Å²) in [7, 11) is 0. The van der Waals surface area contributed by atoms with E-state index >= 15 is 0 Å². The maximum atomic E-state index is 12.7. The minimum Gasteiger partial charge on any atom is -0.494 e. The molecule has 0 aliphatic rings. The summed E-state index contributed by atoms with van der Waals surface area (Å²) in [5.41, 5.74) is 0.691. The summed E-state index contributed by atoms with van der Waals surface area (Å²) in [6.07, 6.45) is -0.384. The molecule has 0 aliphatic heterocycles. The second kappa shape index (κ2) is 11.9. The summed E-state index contributed by atoms with van der Waals surface area (Å²) < 4.78 is 10.7. The van der Waals surface area contributed by atoms with Crippen molar-refractivity contribution in [1.82, 2.24) is 10.2 Å². The molecule has 0 aliphatic carbocycles. The predicted molar refractivity (Wildman–Crippen MR) is 111 cm³/mol. The van der Waals surface area contributed by atoms with Crippen molar-refractivity contribution >= 4 is 45.9 Å². The number of anilines is 2. The number of benzene rings is 1. The zero-order valence-electron chi connectivity index (χ0n) is 16.1. The highest BCUT2D eigenvalue weighted by atomic mass is 32.2. The van der Waals surface area contributed by atoms with Crippen LogP contribution in [0.15, 0.2) is 28.6 Å². The molecule has 1 aromatic heterocycles. The molecule has 1 N–H and O–H groups in total. The lowest BCUT2D eigenvalue weighted by molar-refractivity contribution is -0.116. The number of ether oxygens (including phenoxy) is 2. The lowest BCUT2D eigenvalue weighted by Crippen LogP contribution is -2.33. The topological polar surface area (TPSA) is 117 Å².